The Labute approximate surface area is 109 Å². The van der Waals surface area contributed by atoms with Gasteiger partial charge in [-0.3, -0.25) is 0 Å². The van der Waals surface area contributed by atoms with Crippen LogP contribution < -0.4 is 16.2 Å². The minimum absolute atomic E-state index is 0.348. The Morgan fingerprint density at radius 3 is 2.78 bits per heavy atom. The normalized spacial score (nSPS) is 20.3. The van der Waals surface area contributed by atoms with E-state index in [2.05, 4.69) is 41.1 Å². The molecule has 5 heteroatoms. The molecule has 5 nitrogen and oxygen atoms in total. The zero-order chi connectivity index (χ0) is 13.1. The molecule has 1 atom stereocenters. The number of nitrogens with one attached hydrogen (secondary N) is 1. The fourth-order valence-corrected chi connectivity index (χ4v) is 2.67. The number of nitrogens with zero attached hydrogens (tertiary/aromatic N) is 3. The summed E-state index contributed by atoms with van der Waals surface area (Å²) in [4.78, 5) is 11.1. The Morgan fingerprint density at radius 1 is 1.39 bits per heavy atom. The molecule has 0 spiro atoms. The lowest BCUT2D eigenvalue weighted by Crippen LogP contribution is -2.39. The van der Waals surface area contributed by atoms with E-state index in [9.17, 15) is 0 Å². The minimum Gasteiger partial charge on any atom is -0.354 e. The Morgan fingerprint density at radius 2 is 2.17 bits per heavy atom. The molecule has 2 heterocycles. The van der Waals surface area contributed by atoms with Crippen molar-refractivity contribution in [3.8, 4) is 0 Å². The van der Waals surface area contributed by atoms with E-state index in [0.717, 1.165) is 23.7 Å². The Hall–Kier alpha value is -1.36. The summed E-state index contributed by atoms with van der Waals surface area (Å²) in [6.45, 7) is 7.64. The molecule has 1 aliphatic rings. The molecule has 2 rings (SSSR count). The second kappa shape index (κ2) is 5.52. The van der Waals surface area contributed by atoms with Crippen molar-refractivity contribution in [3.05, 3.63) is 11.9 Å². The standard InChI is InChI=1S/C13H23N5/c1-9(2)11-12(17-14)15-8-16-13(11)18-7-5-4-6-10(18)3/h8-10H,4-7,14H2,1-3H3,(H,15,16,17). The molecule has 1 aromatic rings. The van der Waals surface area contributed by atoms with Crippen LogP contribution in [0.2, 0.25) is 0 Å². The zero-order valence-corrected chi connectivity index (χ0v) is 11.5. The quantitative estimate of drug-likeness (QED) is 0.635. The van der Waals surface area contributed by atoms with E-state index in [0.29, 0.717) is 12.0 Å². The number of hydrogen-bond donors (Lipinski definition) is 2. The molecule has 0 aliphatic carbocycles. The molecule has 1 saturated heterocycles. The van der Waals surface area contributed by atoms with Gasteiger partial charge in [0, 0.05) is 18.2 Å². The van der Waals surface area contributed by atoms with Crippen LogP contribution >= 0.6 is 0 Å². The summed E-state index contributed by atoms with van der Waals surface area (Å²) in [5, 5.41) is 0. The van der Waals surface area contributed by atoms with Gasteiger partial charge in [0.15, 0.2) is 0 Å². The van der Waals surface area contributed by atoms with Gasteiger partial charge in [0.05, 0.1) is 0 Å². The predicted octanol–water partition coefficient (Wildman–Crippen LogP) is 2.26. The number of piperidine rings is 1. The molecule has 3 N–H and O–H groups in total. The maximum Gasteiger partial charge on any atom is 0.148 e. The zero-order valence-electron chi connectivity index (χ0n) is 11.5. The highest BCUT2D eigenvalue weighted by atomic mass is 15.3. The van der Waals surface area contributed by atoms with Crippen molar-refractivity contribution < 1.29 is 0 Å². The van der Waals surface area contributed by atoms with Crippen molar-refractivity contribution in [3.63, 3.8) is 0 Å². The summed E-state index contributed by atoms with van der Waals surface area (Å²) in [6, 6.07) is 0.539. The van der Waals surface area contributed by atoms with Crippen molar-refractivity contribution in [1.82, 2.24) is 9.97 Å². The van der Waals surface area contributed by atoms with Gasteiger partial charge in [-0.1, -0.05) is 13.8 Å². The van der Waals surface area contributed by atoms with Crippen LogP contribution in [0.4, 0.5) is 11.6 Å². The maximum atomic E-state index is 5.56. The lowest BCUT2D eigenvalue weighted by molar-refractivity contribution is 0.479. The third-order valence-electron chi connectivity index (χ3n) is 3.65. The van der Waals surface area contributed by atoms with E-state index in [-0.39, 0.29) is 0 Å². The summed E-state index contributed by atoms with van der Waals surface area (Å²) in [7, 11) is 0. The number of rotatable bonds is 3. The lowest BCUT2D eigenvalue weighted by atomic mass is 9.99. The first-order valence-corrected chi connectivity index (χ1v) is 6.73. The number of anilines is 2. The highest BCUT2D eigenvalue weighted by Gasteiger charge is 2.25. The van der Waals surface area contributed by atoms with Gasteiger partial charge in [-0.05, 0) is 32.1 Å². The van der Waals surface area contributed by atoms with E-state index in [4.69, 9.17) is 5.84 Å². The molecule has 0 saturated carbocycles. The number of hydrogen-bond acceptors (Lipinski definition) is 5. The third kappa shape index (κ3) is 2.41. The lowest BCUT2D eigenvalue weighted by Gasteiger charge is -2.36. The first-order chi connectivity index (χ1) is 8.65. The predicted molar refractivity (Wildman–Crippen MR) is 74.6 cm³/mol. The second-order valence-corrected chi connectivity index (χ2v) is 5.30. The van der Waals surface area contributed by atoms with Crippen LogP contribution in [-0.4, -0.2) is 22.6 Å². The monoisotopic (exact) mass is 249 g/mol. The first kappa shape index (κ1) is 13.1. The fourth-order valence-electron chi connectivity index (χ4n) is 2.67. The molecule has 0 radical (unpaired) electrons. The molecular weight excluding hydrogens is 226 g/mol. The van der Waals surface area contributed by atoms with Crippen molar-refractivity contribution in [2.75, 3.05) is 16.9 Å². The largest absolute Gasteiger partial charge is 0.354 e. The van der Waals surface area contributed by atoms with Crippen molar-refractivity contribution in [2.24, 2.45) is 5.84 Å². The van der Waals surface area contributed by atoms with E-state index < -0.39 is 0 Å². The van der Waals surface area contributed by atoms with Gasteiger partial charge >= 0.3 is 0 Å². The summed E-state index contributed by atoms with van der Waals surface area (Å²) < 4.78 is 0. The molecule has 1 aromatic heterocycles. The first-order valence-electron chi connectivity index (χ1n) is 6.73. The number of nitrogen functional groups attached to an aromatic ring is 1. The molecule has 1 unspecified atom stereocenters. The van der Waals surface area contributed by atoms with Crippen LogP contribution in [0.15, 0.2) is 6.33 Å². The van der Waals surface area contributed by atoms with Gasteiger partial charge in [0.1, 0.15) is 18.0 Å². The highest BCUT2D eigenvalue weighted by molar-refractivity contribution is 5.60. The van der Waals surface area contributed by atoms with Crippen LogP contribution in [0.25, 0.3) is 0 Å². The second-order valence-electron chi connectivity index (χ2n) is 5.30. The van der Waals surface area contributed by atoms with Gasteiger partial charge < -0.3 is 10.3 Å². The third-order valence-corrected chi connectivity index (χ3v) is 3.65. The fraction of sp³-hybridized carbons (Fsp3) is 0.692. The van der Waals surface area contributed by atoms with Gasteiger partial charge in [0.2, 0.25) is 0 Å². The van der Waals surface area contributed by atoms with Crippen molar-refractivity contribution in [2.45, 2.75) is 52.0 Å². The van der Waals surface area contributed by atoms with Crippen LogP contribution in [0.3, 0.4) is 0 Å². The minimum atomic E-state index is 0.348. The smallest absolute Gasteiger partial charge is 0.148 e. The topological polar surface area (TPSA) is 67.1 Å². The summed E-state index contributed by atoms with van der Waals surface area (Å²) in [6.07, 6.45) is 5.36. The van der Waals surface area contributed by atoms with Crippen molar-refractivity contribution in [1.29, 1.82) is 0 Å². The summed E-state index contributed by atoms with van der Waals surface area (Å²) >= 11 is 0. The molecule has 1 aliphatic heterocycles. The molecule has 1 fully saturated rings. The van der Waals surface area contributed by atoms with Gasteiger partial charge in [0.25, 0.3) is 0 Å². The maximum absolute atomic E-state index is 5.56. The molecule has 0 aromatic carbocycles. The molecule has 0 bridgehead atoms. The van der Waals surface area contributed by atoms with Crippen LogP contribution in [-0.2, 0) is 0 Å². The van der Waals surface area contributed by atoms with Crippen LogP contribution in [0.1, 0.15) is 51.5 Å². The van der Waals surface area contributed by atoms with Gasteiger partial charge in [-0.25, -0.2) is 15.8 Å². The average molecular weight is 249 g/mol. The van der Waals surface area contributed by atoms with E-state index in [1.165, 1.54) is 19.3 Å². The molecule has 100 valence electrons. The van der Waals surface area contributed by atoms with E-state index in [1.807, 2.05) is 0 Å². The Balaban J connectivity index is 2.42. The van der Waals surface area contributed by atoms with Gasteiger partial charge in [-0.2, -0.15) is 0 Å². The summed E-state index contributed by atoms with van der Waals surface area (Å²) in [5.74, 6) is 7.70. The number of nitrogens with two attached hydrogens (primary N) is 1. The summed E-state index contributed by atoms with van der Waals surface area (Å²) in [5.41, 5.74) is 3.81. The van der Waals surface area contributed by atoms with Crippen LogP contribution in [0.5, 0.6) is 0 Å². The van der Waals surface area contributed by atoms with Gasteiger partial charge in [-0.15, -0.1) is 0 Å². The highest BCUT2D eigenvalue weighted by Crippen LogP contribution is 2.33. The SMILES string of the molecule is CC(C)c1c(NN)ncnc1N1CCCCC1C. The molecular formula is C13H23N5. The Kier molecular flexibility index (Phi) is 4.01. The van der Waals surface area contributed by atoms with E-state index in [1.54, 1.807) is 6.33 Å². The van der Waals surface area contributed by atoms with Crippen molar-refractivity contribution >= 4 is 11.6 Å². The van der Waals surface area contributed by atoms with Crippen LogP contribution in [0, 0.1) is 0 Å². The van der Waals surface area contributed by atoms with E-state index >= 15 is 0 Å². The number of hydrazine groups is 1. The average Bonchev–Trinajstić information content (AvgIpc) is 2.38. The Bertz CT molecular complexity index is 404. The molecule has 18 heavy (non-hydrogen) atoms. The number of aromatic nitrogens is 2. The molecule has 0 amide bonds.